The van der Waals surface area contributed by atoms with E-state index < -0.39 is 23.6 Å². The van der Waals surface area contributed by atoms with Crippen molar-refractivity contribution in [3.8, 4) is 0 Å². The Bertz CT molecular complexity index is 1320. The van der Waals surface area contributed by atoms with Gasteiger partial charge in [0.1, 0.15) is 12.2 Å². The topological polar surface area (TPSA) is 123 Å². The third kappa shape index (κ3) is 11.4. The number of ether oxygens (including phenoxy) is 2. The summed E-state index contributed by atoms with van der Waals surface area (Å²) < 4.78 is 10.7. The smallest absolute Gasteiger partial charge is 0.407 e. The molecule has 0 aliphatic heterocycles. The molecule has 222 valence electrons. The first kappa shape index (κ1) is 31.9. The Morgan fingerprint density at radius 1 is 0.810 bits per heavy atom. The minimum absolute atomic E-state index is 0.0460. The Balaban J connectivity index is 1.49. The van der Waals surface area contributed by atoms with Crippen molar-refractivity contribution in [2.24, 2.45) is 0 Å². The van der Waals surface area contributed by atoms with Crippen molar-refractivity contribution in [1.82, 2.24) is 10.6 Å². The Labute approximate surface area is 247 Å². The molecule has 0 bridgehead atoms. The van der Waals surface area contributed by atoms with Crippen molar-refractivity contribution in [2.45, 2.75) is 58.2 Å². The zero-order valence-electron chi connectivity index (χ0n) is 24.4. The van der Waals surface area contributed by atoms with Crippen LogP contribution in [0.1, 0.15) is 67.4 Å². The number of unbranched alkanes of at least 4 members (excludes halogenated alkanes) is 1. The molecule has 0 fully saturated rings. The van der Waals surface area contributed by atoms with E-state index in [9.17, 15) is 19.2 Å². The first-order valence-corrected chi connectivity index (χ1v) is 14.0. The molecule has 1 unspecified atom stereocenters. The predicted octanol–water partition coefficient (Wildman–Crippen LogP) is 5.58. The number of amides is 3. The first-order valence-electron chi connectivity index (χ1n) is 14.0. The molecule has 3 rings (SSSR count). The number of nitrogens with one attached hydrogen (secondary N) is 3. The van der Waals surface area contributed by atoms with Gasteiger partial charge in [0, 0.05) is 30.8 Å². The number of esters is 1. The van der Waals surface area contributed by atoms with E-state index >= 15 is 0 Å². The maximum atomic E-state index is 13.0. The lowest BCUT2D eigenvalue weighted by atomic mass is 9.99. The lowest BCUT2D eigenvalue weighted by Crippen LogP contribution is -2.33. The second kappa shape index (κ2) is 16.0. The van der Waals surface area contributed by atoms with Gasteiger partial charge in [-0.3, -0.25) is 14.4 Å². The maximum absolute atomic E-state index is 13.0. The van der Waals surface area contributed by atoms with Crippen molar-refractivity contribution in [3.63, 3.8) is 0 Å². The molecule has 0 saturated heterocycles. The summed E-state index contributed by atoms with van der Waals surface area (Å²) in [6, 6.07) is 25.2. The van der Waals surface area contributed by atoms with E-state index in [0.717, 1.165) is 11.1 Å². The fraction of sp³-hybridized carbons (Fsp3) is 0.333. The summed E-state index contributed by atoms with van der Waals surface area (Å²) in [4.78, 5) is 50.1. The molecule has 9 nitrogen and oxygen atoms in total. The summed E-state index contributed by atoms with van der Waals surface area (Å²) >= 11 is 0. The highest BCUT2D eigenvalue weighted by atomic mass is 16.6. The third-order valence-electron chi connectivity index (χ3n) is 6.08. The molecule has 0 aliphatic rings. The number of carbonyl (C=O) groups excluding carboxylic acids is 4. The van der Waals surface area contributed by atoms with E-state index in [-0.39, 0.29) is 31.4 Å². The lowest BCUT2D eigenvalue weighted by molar-refractivity contribution is -0.146. The van der Waals surface area contributed by atoms with Crippen LogP contribution < -0.4 is 16.0 Å². The van der Waals surface area contributed by atoms with Crippen LogP contribution in [0, 0.1) is 0 Å². The van der Waals surface area contributed by atoms with E-state index in [2.05, 4.69) is 16.0 Å². The van der Waals surface area contributed by atoms with Gasteiger partial charge < -0.3 is 25.4 Å². The molecule has 3 amide bonds. The molecule has 0 aromatic heterocycles. The maximum Gasteiger partial charge on any atom is 0.407 e. The van der Waals surface area contributed by atoms with Gasteiger partial charge in [0.25, 0.3) is 5.91 Å². The van der Waals surface area contributed by atoms with Crippen molar-refractivity contribution < 1.29 is 28.7 Å². The zero-order chi connectivity index (χ0) is 30.4. The van der Waals surface area contributed by atoms with Gasteiger partial charge in [-0.1, -0.05) is 66.7 Å². The van der Waals surface area contributed by atoms with Crippen LogP contribution in [-0.2, 0) is 25.7 Å². The van der Waals surface area contributed by atoms with E-state index in [1.807, 2.05) is 60.7 Å². The summed E-state index contributed by atoms with van der Waals surface area (Å²) in [5, 5.41) is 8.30. The molecule has 0 saturated carbocycles. The number of alkyl carbamates (subject to hydrolysis) is 1. The molecule has 9 heteroatoms. The van der Waals surface area contributed by atoms with Crippen LogP contribution in [0.15, 0.2) is 84.9 Å². The summed E-state index contributed by atoms with van der Waals surface area (Å²) in [7, 11) is 0. The van der Waals surface area contributed by atoms with Crippen LogP contribution in [0.2, 0.25) is 0 Å². The predicted molar refractivity (Wildman–Crippen MR) is 161 cm³/mol. The first-order chi connectivity index (χ1) is 20.1. The molecule has 3 N–H and O–H groups in total. The lowest BCUT2D eigenvalue weighted by Gasteiger charge is -2.19. The summed E-state index contributed by atoms with van der Waals surface area (Å²) in [5.74, 6) is -1.70. The number of hydrogen-bond acceptors (Lipinski definition) is 6. The Kier molecular flexibility index (Phi) is 12.1. The van der Waals surface area contributed by atoms with Gasteiger partial charge in [0.2, 0.25) is 5.91 Å². The highest BCUT2D eigenvalue weighted by Crippen LogP contribution is 2.19. The van der Waals surface area contributed by atoms with Crippen molar-refractivity contribution in [2.75, 3.05) is 18.4 Å². The van der Waals surface area contributed by atoms with Gasteiger partial charge in [-0.25, -0.2) is 4.79 Å². The van der Waals surface area contributed by atoms with Gasteiger partial charge in [-0.2, -0.15) is 0 Å². The van der Waals surface area contributed by atoms with Crippen LogP contribution >= 0.6 is 0 Å². The van der Waals surface area contributed by atoms with Crippen molar-refractivity contribution in [1.29, 1.82) is 0 Å². The summed E-state index contributed by atoms with van der Waals surface area (Å²) in [6.07, 6.45) is 0.964. The zero-order valence-corrected chi connectivity index (χ0v) is 24.4. The SMILES string of the molecule is CC(C)(C)OC(=O)NCCCCC(=O)Nc1cccc(C(=O)NCC(C(=O)OCc2ccccc2)c2ccccc2)c1. The number of hydrogen-bond donors (Lipinski definition) is 3. The largest absolute Gasteiger partial charge is 0.460 e. The van der Waals surface area contributed by atoms with Gasteiger partial charge in [-0.15, -0.1) is 0 Å². The quantitative estimate of drug-likeness (QED) is 0.181. The Morgan fingerprint density at radius 3 is 2.19 bits per heavy atom. The van der Waals surface area contributed by atoms with E-state index in [4.69, 9.17) is 9.47 Å². The molecular weight excluding hydrogens is 534 g/mol. The minimum Gasteiger partial charge on any atom is -0.460 e. The number of benzene rings is 3. The van der Waals surface area contributed by atoms with Gasteiger partial charge >= 0.3 is 12.1 Å². The minimum atomic E-state index is -0.688. The van der Waals surface area contributed by atoms with E-state index in [1.165, 1.54) is 0 Å². The molecule has 0 radical (unpaired) electrons. The third-order valence-corrected chi connectivity index (χ3v) is 6.08. The van der Waals surface area contributed by atoms with Crippen LogP contribution in [0.3, 0.4) is 0 Å². The normalized spacial score (nSPS) is 11.6. The Hall–Kier alpha value is -4.66. The standard InChI is InChI=1S/C33H39N3O6/c1-33(2,3)42-32(40)34-20-11-10-19-29(37)36-27-18-12-17-26(21-27)30(38)35-22-28(25-15-8-5-9-16-25)31(39)41-23-24-13-6-4-7-14-24/h4-9,12-18,21,28H,10-11,19-20,22-23H2,1-3H3,(H,34,40)(H,35,38)(H,36,37). The van der Waals surface area contributed by atoms with Crippen LogP contribution in [0.4, 0.5) is 10.5 Å². The highest BCUT2D eigenvalue weighted by molar-refractivity contribution is 5.97. The molecule has 1 atom stereocenters. The fourth-order valence-corrected chi connectivity index (χ4v) is 4.03. The van der Waals surface area contributed by atoms with E-state index in [1.54, 1.807) is 45.0 Å². The Morgan fingerprint density at radius 2 is 1.50 bits per heavy atom. The molecule has 3 aromatic rings. The number of rotatable bonds is 13. The second-order valence-corrected chi connectivity index (χ2v) is 10.8. The van der Waals surface area contributed by atoms with Crippen molar-refractivity contribution in [3.05, 3.63) is 102 Å². The molecule has 3 aromatic carbocycles. The molecule has 0 aliphatic carbocycles. The van der Waals surface area contributed by atoms with Gasteiger partial charge in [0.15, 0.2) is 0 Å². The average molecular weight is 574 g/mol. The van der Waals surface area contributed by atoms with Crippen molar-refractivity contribution >= 4 is 29.6 Å². The second-order valence-electron chi connectivity index (χ2n) is 10.8. The highest BCUT2D eigenvalue weighted by Gasteiger charge is 2.23. The number of carbonyl (C=O) groups is 4. The number of anilines is 1. The summed E-state index contributed by atoms with van der Waals surface area (Å²) in [6.45, 7) is 5.97. The molecule has 0 spiro atoms. The molecular formula is C33H39N3O6. The summed E-state index contributed by atoms with van der Waals surface area (Å²) in [5.41, 5.74) is 1.88. The molecule has 0 heterocycles. The van der Waals surface area contributed by atoms with Gasteiger partial charge in [0.05, 0.1) is 5.92 Å². The van der Waals surface area contributed by atoms with Gasteiger partial charge in [-0.05, 0) is 62.9 Å². The monoisotopic (exact) mass is 573 g/mol. The fourth-order valence-electron chi connectivity index (χ4n) is 4.03. The van der Waals surface area contributed by atoms with Crippen LogP contribution in [0.5, 0.6) is 0 Å². The van der Waals surface area contributed by atoms with E-state index in [0.29, 0.717) is 30.6 Å². The molecule has 42 heavy (non-hydrogen) atoms. The van der Waals surface area contributed by atoms with Crippen LogP contribution in [0.25, 0.3) is 0 Å². The average Bonchev–Trinajstić information content (AvgIpc) is 2.96. The van der Waals surface area contributed by atoms with Crippen LogP contribution in [-0.4, -0.2) is 42.6 Å².